The van der Waals surface area contributed by atoms with E-state index < -0.39 is 35.3 Å². The van der Waals surface area contributed by atoms with Gasteiger partial charge in [0.1, 0.15) is 29.3 Å². The number of hydrogen-bond donors (Lipinski definition) is 1. The van der Waals surface area contributed by atoms with Gasteiger partial charge in [-0.3, -0.25) is 14.4 Å². The van der Waals surface area contributed by atoms with Crippen LogP contribution in [0, 0.1) is 17.6 Å². The summed E-state index contributed by atoms with van der Waals surface area (Å²) in [7, 11) is 0. The number of rotatable bonds is 5. The zero-order valence-electron chi connectivity index (χ0n) is 17.2. The molecule has 2 fully saturated rings. The lowest BCUT2D eigenvalue weighted by Crippen LogP contribution is -2.58. The molecule has 7 nitrogen and oxygen atoms in total. The number of piperazine rings is 1. The van der Waals surface area contributed by atoms with Gasteiger partial charge in [0, 0.05) is 32.8 Å². The number of benzene rings is 1. The van der Waals surface area contributed by atoms with Crippen LogP contribution < -0.4 is 5.32 Å². The Kier molecular flexibility index (Phi) is 7.02. The Morgan fingerprint density at radius 1 is 1.07 bits per heavy atom. The van der Waals surface area contributed by atoms with Gasteiger partial charge >= 0.3 is 0 Å². The number of nitrogens with zero attached hydrogens (tertiary/aromatic N) is 2. The van der Waals surface area contributed by atoms with Gasteiger partial charge in [-0.15, -0.1) is 0 Å². The van der Waals surface area contributed by atoms with Crippen LogP contribution in [0.3, 0.4) is 0 Å². The van der Waals surface area contributed by atoms with Crippen LogP contribution in [0.5, 0.6) is 0 Å². The average Bonchev–Trinajstić information content (AvgIpc) is 3.25. The van der Waals surface area contributed by atoms with Crippen LogP contribution in [0.4, 0.5) is 8.78 Å². The van der Waals surface area contributed by atoms with Crippen LogP contribution in [0.15, 0.2) is 18.2 Å². The Morgan fingerprint density at radius 2 is 1.67 bits per heavy atom. The van der Waals surface area contributed by atoms with E-state index in [-0.39, 0.29) is 17.7 Å². The van der Waals surface area contributed by atoms with Crippen LogP contribution in [0.1, 0.15) is 37.0 Å². The SMILES string of the molecule is CC(C)C(NC(=O)c1c(F)cccc1F)C(=O)N1CCN(C(=O)C2CCCO2)CC1. The molecule has 0 aromatic heterocycles. The van der Waals surface area contributed by atoms with Crippen molar-refractivity contribution in [3.05, 3.63) is 35.4 Å². The van der Waals surface area contributed by atoms with Crippen LogP contribution in [0.2, 0.25) is 0 Å². The average molecular weight is 423 g/mol. The molecule has 30 heavy (non-hydrogen) atoms. The molecule has 1 aromatic rings. The van der Waals surface area contributed by atoms with E-state index in [1.54, 1.807) is 23.6 Å². The second-order valence-corrected chi connectivity index (χ2v) is 7.94. The molecule has 9 heteroatoms. The Morgan fingerprint density at radius 3 is 2.20 bits per heavy atom. The van der Waals surface area contributed by atoms with Crippen molar-refractivity contribution in [2.24, 2.45) is 5.92 Å². The number of hydrogen-bond acceptors (Lipinski definition) is 4. The summed E-state index contributed by atoms with van der Waals surface area (Å²) in [6.07, 6.45) is 1.19. The van der Waals surface area contributed by atoms with Crippen LogP contribution in [0.25, 0.3) is 0 Å². The first-order valence-corrected chi connectivity index (χ1v) is 10.2. The van der Waals surface area contributed by atoms with E-state index in [9.17, 15) is 23.2 Å². The van der Waals surface area contributed by atoms with Crippen LogP contribution in [-0.4, -0.2) is 72.5 Å². The lowest BCUT2D eigenvalue weighted by atomic mass is 10.0. The molecule has 3 amide bonds. The number of halogens is 2. The van der Waals surface area contributed by atoms with Gasteiger partial charge in [0.25, 0.3) is 11.8 Å². The van der Waals surface area contributed by atoms with Gasteiger partial charge in [0.15, 0.2) is 0 Å². The van der Waals surface area contributed by atoms with Crippen LogP contribution >= 0.6 is 0 Å². The van der Waals surface area contributed by atoms with Crippen molar-refractivity contribution in [1.29, 1.82) is 0 Å². The molecular weight excluding hydrogens is 396 g/mol. The lowest BCUT2D eigenvalue weighted by Gasteiger charge is -2.38. The largest absolute Gasteiger partial charge is 0.368 e. The Hall–Kier alpha value is -2.55. The molecular formula is C21H27F2N3O4. The summed E-state index contributed by atoms with van der Waals surface area (Å²) in [5.41, 5.74) is -0.706. The quantitative estimate of drug-likeness (QED) is 0.780. The first-order chi connectivity index (χ1) is 14.3. The van der Waals surface area contributed by atoms with Gasteiger partial charge in [-0.05, 0) is 30.9 Å². The maximum Gasteiger partial charge on any atom is 0.257 e. The second-order valence-electron chi connectivity index (χ2n) is 7.94. The van der Waals surface area contributed by atoms with Crippen molar-refractivity contribution in [3.63, 3.8) is 0 Å². The summed E-state index contributed by atoms with van der Waals surface area (Å²) in [6.45, 7) is 5.49. The minimum absolute atomic E-state index is 0.0525. The number of ether oxygens (including phenoxy) is 1. The predicted molar refractivity (Wildman–Crippen MR) is 105 cm³/mol. The zero-order chi connectivity index (χ0) is 21.8. The Labute approximate surface area is 174 Å². The molecule has 1 N–H and O–H groups in total. The second kappa shape index (κ2) is 9.51. The molecule has 0 saturated carbocycles. The van der Waals surface area contributed by atoms with Crippen molar-refractivity contribution in [2.45, 2.75) is 38.8 Å². The van der Waals surface area contributed by atoms with E-state index >= 15 is 0 Å². The summed E-state index contributed by atoms with van der Waals surface area (Å²) >= 11 is 0. The maximum absolute atomic E-state index is 13.9. The molecule has 3 rings (SSSR count). The van der Waals surface area contributed by atoms with Crippen molar-refractivity contribution >= 4 is 17.7 Å². The number of carbonyl (C=O) groups excluding carboxylic acids is 3. The lowest BCUT2D eigenvalue weighted by molar-refractivity contribution is -0.146. The molecule has 2 atom stereocenters. The minimum Gasteiger partial charge on any atom is -0.368 e. The summed E-state index contributed by atoms with van der Waals surface area (Å²) in [4.78, 5) is 41.2. The van der Waals surface area contributed by atoms with Gasteiger partial charge in [-0.25, -0.2) is 8.78 Å². The topological polar surface area (TPSA) is 79.0 Å². The highest BCUT2D eigenvalue weighted by Gasteiger charge is 2.35. The van der Waals surface area contributed by atoms with Crippen LogP contribution in [-0.2, 0) is 14.3 Å². The third-order valence-corrected chi connectivity index (χ3v) is 5.52. The van der Waals surface area contributed by atoms with E-state index in [0.717, 1.165) is 18.6 Å². The normalized spacial score (nSPS) is 20.4. The van der Waals surface area contributed by atoms with E-state index in [2.05, 4.69) is 5.32 Å². The zero-order valence-corrected chi connectivity index (χ0v) is 17.2. The highest BCUT2D eigenvalue weighted by Crippen LogP contribution is 2.18. The van der Waals surface area contributed by atoms with Gasteiger partial charge in [-0.1, -0.05) is 19.9 Å². The first-order valence-electron chi connectivity index (χ1n) is 10.2. The molecule has 0 radical (unpaired) electrons. The highest BCUT2D eigenvalue weighted by molar-refractivity contribution is 5.98. The molecule has 0 spiro atoms. The monoisotopic (exact) mass is 423 g/mol. The Balaban J connectivity index is 1.62. The number of amides is 3. The van der Waals surface area contributed by atoms with E-state index in [4.69, 9.17) is 4.74 Å². The van der Waals surface area contributed by atoms with Crippen molar-refractivity contribution in [3.8, 4) is 0 Å². The van der Waals surface area contributed by atoms with Gasteiger partial charge in [0.2, 0.25) is 5.91 Å². The highest BCUT2D eigenvalue weighted by atomic mass is 19.1. The fourth-order valence-corrected chi connectivity index (χ4v) is 3.76. The van der Waals surface area contributed by atoms with Gasteiger partial charge < -0.3 is 19.9 Å². The molecule has 164 valence electrons. The molecule has 0 bridgehead atoms. The van der Waals surface area contributed by atoms with Gasteiger partial charge in [-0.2, -0.15) is 0 Å². The van der Waals surface area contributed by atoms with Crippen molar-refractivity contribution < 1.29 is 27.9 Å². The number of carbonyl (C=O) groups is 3. The van der Waals surface area contributed by atoms with Crippen molar-refractivity contribution in [2.75, 3.05) is 32.8 Å². The molecule has 2 unspecified atom stereocenters. The van der Waals surface area contributed by atoms with E-state index in [1.165, 1.54) is 6.07 Å². The summed E-state index contributed by atoms with van der Waals surface area (Å²) < 4.78 is 33.3. The summed E-state index contributed by atoms with van der Waals surface area (Å²) in [5, 5.41) is 2.48. The fraction of sp³-hybridized carbons (Fsp3) is 0.571. The van der Waals surface area contributed by atoms with E-state index in [1.807, 2.05) is 0 Å². The predicted octanol–water partition coefficient (Wildman–Crippen LogP) is 1.57. The fourth-order valence-electron chi connectivity index (χ4n) is 3.76. The molecule has 2 heterocycles. The smallest absolute Gasteiger partial charge is 0.257 e. The molecule has 2 saturated heterocycles. The number of nitrogens with one attached hydrogen (secondary N) is 1. The van der Waals surface area contributed by atoms with Crippen molar-refractivity contribution in [1.82, 2.24) is 15.1 Å². The standard InChI is InChI=1S/C21H27F2N3O4/c1-13(2)18(24-19(27)17-14(22)5-3-6-15(17)23)21(29)26-10-8-25(9-11-26)20(28)16-7-4-12-30-16/h3,5-6,13,16,18H,4,7-12H2,1-2H3,(H,24,27). The molecule has 1 aromatic carbocycles. The van der Waals surface area contributed by atoms with Gasteiger partial charge in [0.05, 0.1) is 0 Å². The molecule has 2 aliphatic rings. The minimum atomic E-state index is -0.983. The first kappa shape index (κ1) is 22.1. The summed E-state index contributed by atoms with van der Waals surface area (Å²) in [6, 6.07) is 2.23. The van der Waals surface area contributed by atoms with E-state index in [0.29, 0.717) is 39.2 Å². The third kappa shape index (κ3) is 4.77. The summed E-state index contributed by atoms with van der Waals surface area (Å²) in [5.74, 6) is -3.61. The third-order valence-electron chi connectivity index (χ3n) is 5.52. The maximum atomic E-state index is 13.9. The molecule has 0 aliphatic carbocycles. The Bertz CT molecular complexity index is 783. The molecule has 2 aliphatic heterocycles.